The first-order chi connectivity index (χ1) is 13.6. The van der Waals surface area contributed by atoms with Crippen LogP contribution in [0.2, 0.25) is 5.02 Å². The molecule has 0 atom stereocenters. The minimum Gasteiger partial charge on any atom is -0.420 e. The van der Waals surface area contributed by atoms with Crippen LogP contribution >= 0.6 is 50.6 Å². The molecule has 4 rings (SSSR count). The number of nitrogens with one attached hydrogen (secondary N) is 1. The molecule has 2 aromatic heterocycles. The van der Waals surface area contributed by atoms with Gasteiger partial charge in [0.25, 0.3) is 0 Å². The standard InChI is InChI=1S/C18H13BrClN5OS2/c1-10-13(20)7-4-8-14(10)21-17-24-25-18(28-17)27-9-15-22-23-16(26-15)11-5-2-3-6-12(11)19/h2-8H,9H2,1H3,(H,21,24). The Balaban J connectivity index is 1.40. The van der Waals surface area contributed by atoms with E-state index in [1.165, 1.54) is 23.1 Å². The molecule has 0 spiro atoms. The summed E-state index contributed by atoms with van der Waals surface area (Å²) in [5.41, 5.74) is 2.75. The van der Waals surface area contributed by atoms with Crippen molar-refractivity contribution in [3.63, 3.8) is 0 Å². The SMILES string of the molecule is Cc1c(Cl)cccc1Nc1nnc(SCc2nnc(-c3ccccc3Br)o2)s1. The summed E-state index contributed by atoms with van der Waals surface area (Å²) in [6, 6.07) is 13.4. The monoisotopic (exact) mass is 493 g/mol. The molecule has 0 saturated carbocycles. The van der Waals surface area contributed by atoms with Gasteiger partial charge in [-0.05, 0) is 52.7 Å². The summed E-state index contributed by atoms with van der Waals surface area (Å²) in [4.78, 5) is 0. The van der Waals surface area contributed by atoms with Crippen LogP contribution in [-0.4, -0.2) is 20.4 Å². The van der Waals surface area contributed by atoms with Gasteiger partial charge in [0.05, 0.1) is 11.3 Å². The van der Waals surface area contributed by atoms with Crippen LogP contribution in [0.15, 0.2) is 55.7 Å². The maximum Gasteiger partial charge on any atom is 0.248 e. The lowest BCUT2D eigenvalue weighted by atomic mass is 10.2. The predicted molar refractivity (Wildman–Crippen MR) is 116 cm³/mol. The van der Waals surface area contributed by atoms with Crippen molar-refractivity contribution in [3.05, 3.63) is 63.4 Å². The minimum atomic E-state index is 0.485. The number of hydrogen-bond acceptors (Lipinski definition) is 8. The van der Waals surface area contributed by atoms with E-state index in [1.54, 1.807) is 0 Å². The third-order valence-corrected chi connectivity index (χ3v) is 6.86. The zero-order chi connectivity index (χ0) is 19.5. The average Bonchev–Trinajstić information content (AvgIpc) is 3.34. The molecule has 0 saturated heterocycles. The lowest BCUT2D eigenvalue weighted by Gasteiger charge is -2.06. The molecule has 0 aliphatic rings. The molecule has 2 heterocycles. The van der Waals surface area contributed by atoms with Crippen molar-refractivity contribution in [1.29, 1.82) is 0 Å². The first-order valence-corrected chi connectivity index (χ1v) is 11.1. The van der Waals surface area contributed by atoms with Crippen molar-refractivity contribution >= 4 is 61.4 Å². The lowest BCUT2D eigenvalue weighted by molar-refractivity contribution is 0.528. The number of rotatable bonds is 6. The van der Waals surface area contributed by atoms with Gasteiger partial charge in [0.1, 0.15) is 0 Å². The molecule has 0 aliphatic carbocycles. The van der Waals surface area contributed by atoms with E-state index in [2.05, 4.69) is 41.6 Å². The van der Waals surface area contributed by atoms with Crippen LogP contribution in [0.5, 0.6) is 0 Å². The number of benzene rings is 2. The van der Waals surface area contributed by atoms with Gasteiger partial charge in [-0.1, -0.05) is 52.9 Å². The molecule has 0 aliphatic heterocycles. The Labute approximate surface area is 182 Å². The van der Waals surface area contributed by atoms with Gasteiger partial charge in [0.2, 0.25) is 16.9 Å². The summed E-state index contributed by atoms with van der Waals surface area (Å²) < 4.78 is 7.48. The van der Waals surface area contributed by atoms with Gasteiger partial charge < -0.3 is 9.73 Å². The normalized spacial score (nSPS) is 11.0. The second-order valence-electron chi connectivity index (χ2n) is 5.68. The van der Waals surface area contributed by atoms with E-state index in [0.717, 1.165) is 25.6 Å². The van der Waals surface area contributed by atoms with Crippen molar-refractivity contribution in [3.8, 4) is 11.5 Å². The van der Waals surface area contributed by atoms with Crippen molar-refractivity contribution < 1.29 is 4.42 Å². The Morgan fingerprint density at radius 3 is 2.82 bits per heavy atom. The van der Waals surface area contributed by atoms with Gasteiger partial charge in [0.15, 0.2) is 4.34 Å². The van der Waals surface area contributed by atoms with E-state index in [9.17, 15) is 0 Å². The van der Waals surface area contributed by atoms with Crippen molar-refractivity contribution in [2.45, 2.75) is 17.0 Å². The molecule has 142 valence electrons. The number of thioether (sulfide) groups is 1. The van der Waals surface area contributed by atoms with Gasteiger partial charge in [-0.3, -0.25) is 0 Å². The number of aromatic nitrogens is 4. The Kier molecular flexibility index (Phi) is 5.96. The number of hydrogen-bond donors (Lipinski definition) is 1. The van der Waals surface area contributed by atoms with Crippen molar-refractivity contribution in [2.75, 3.05) is 5.32 Å². The van der Waals surface area contributed by atoms with E-state index in [-0.39, 0.29) is 0 Å². The first kappa shape index (κ1) is 19.4. The second-order valence-corrected chi connectivity index (χ2v) is 9.14. The summed E-state index contributed by atoms with van der Waals surface area (Å²) in [6.45, 7) is 1.96. The lowest BCUT2D eigenvalue weighted by Crippen LogP contribution is -1.92. The highest BCUT2D eigenvalue weighted by Crippen LogP contribution is 2.33. The molecular formula is C18H13BrClN5OS2. The third kappa shape index (κ3) is 4.38. The van der Waals surface area contributed by atoms with Gasteiger partial charge in [0, 0.05) is 15.2 Å². The molecule has 0 radical (unpaired) electrons. The van der Waals surface area contributed by atoms with E-state index >= 15 is 0 Å². The van der Waals surface area contributed by atoms with E-state index in [1.807, 2.05) is 49.4 Å². The molecule has 28 heavy (non-hydrogen) atoms. The summed E-state index contributed by atoms with van der Waals surface area (Å²) >= 11 is 12.6. The van der Waals surface area contributed by atoms with Crippen molar-refractivity contribution in [2.24, 2.45) is 0 Å². The fourth-order valence-corrected chi connectivity index (χ4v) is 4.59. The van der Waals surface area contributed by atoms with Crippen LogP contribution in [0.3, 0.4) is 0 Å². The van der Waals surface area contributed by atoms with Crippen LogP contribution in [0.1, 0.15) is 11.5 Å². The second kappa shape index (κ2) is 8.60. The maximum atomic E-state index is 6.16. The van der Waals surface area contributed by atoms with Gasteiger partial charge in [-0.15, -0.1) is 20.4 Å². The molecule has 4 aromatic rings. The molecule has 10 heteroatoms. The zero-order valence-electron chi connectivity index (χ0n) is 14.5. The Morgan fingerprint density at radius 1 is 1.11 bits per heavy atom. The molecule has 0 bridgehead atoms. The maximum absolute atomic E-state index is 6.16. The number of nitrogens with zero attached hydrogens (tertiary/aromatic N) is 4. The van der Waals surface area contributed by atoms with Crippen LogP contribution in [0.25, 0.3) is 11.5 Å². The number of anilines is 2. The molecule has 0 unspecified atom stereocenters. The topological polar surface area (TPSA) is 76.7 Å². The van der Waals surface area contributed by atoms with Crippen LogP contribution in [-0.2, 0) is 5.75 Å². The van der Waals surface area contributed by atoms with Gasteiger partial charge in [-0.2, -0.15) is 0 Å². The molecular weight excluding hydrogens is 482 g/mol. The molecule has 6 nitrogen and oxygen atoms in total. The van der Waals surface area contributed by atoms with E-state index in [0.29, 0.717) is 27.7 Å². The summed E-state index contributed by atoms with van der Waals surface area (Å²) in [5.74, 6) is 1.53. The van der Waals surface area contributed by atoms with Crippen LogP contribution in [0.4, 0.5) is 10.8 Å². The highest BCUT2D eigenvalue weighted by Gasteiger charge is 2.13. The molecule has 1 N–H and O–H groups in total. The third-order valence-electron chi connectivity index (χ3n) is 3.81. The summed E-state index contributed by atoms with van der Waals surface area (Å²) in [7, 11) is 0. The van der Waals surface area contributed by atoms with Crippen LogP contribution in [0, 0.1) is 6.92 Å². The van der Waals surface area contributed by atoms with E-state index in [4.69, 9.17) is 16.0 Å². The van der Waals surface area contributed by atoms with Gasteiger partial charge in [-0.25, -0.2) is 0 Å². The molecule has 0 amide bonds. The molecule has 0 fully saturated rings. The highest BCUT2D eigenvalue weighted by atomic mass is 79.9. The van der Waals surface area contributed by atoms with Crippen LogP contribution < -0.4 is 5.32 Å². The van der Waals surface area contributed by atoms with Gasteiger partial charge >= 0.3 is 0 Å². The summed E-state index contributed by atoms with van der Waals surface area (Å²) in [6.07, 6.45) is 0. The fourth-order valence-electron chi connectivity index (χ4n) is 2.36. The quantitative estimate of drug-likeness (QED) is 0.313. The highest BCUT2D eigenvalue weighted by molar-refractivity contribution is 9.10. The largest absolute Gasteiger partial charge is 0.420 e. The molecule has 2 aromatic carbocycles. The smallest absolute Gasteiger partial charge is 0.248 e. The minimum absolute atomic E-state index is 0.485. The zero-order valence-corrected chi connectivity index (χ0v) is 18.5. The number of halogens is 2. The predicted octanol–water partition coefficient (Wildman–Crippen LogP) is 6.35. The Bertz CT molecular complexity index is 1120. The van der Waals surface area contributed by atoms with Crippen molar-refractivity contribution in [1.82, 2.24) is 20.4 Å². The average molecular weight is 495 g/mol. The first-order valence-electron chi connectivity index (χ1n) is 8.16. The Morgan fingerprint density at radius 2 is 1.96 bits per heavy atom. The fraction of sp³-hybridized carbons (Fsp3) is 0.111. The van der Waals surface area contributed by atoms with E-state index < -0.39 is 0 Å². The Hall–Kier alpha value is -1.94. The summed E-state index contributed by atoms with van der Waals surface area (Å²) in [5, 5.41) is 21.3.